The fraction of sp³-hybridized carbons (Fsp3) is 0.489. The molecule has 0 radical (unpaired) electrons. The van der Waals surface area contributed by atoms with Crippen molar-refractivity contribution in [2.75, 3.05) is 36.8 Å². The van der Waals surface area contributed by atoms with Gasteiger partial charge in [-0.1, -0.05) is 12.1 Å². The second-order valence-electron chi connectivity index (χ2n) is 18.1. The number of aliphatic hydroxyl groups is 1. The number of amides is 5. The highest BCUT2D eigenvalue weighted by molar-refractivity contribution is 7.18. The van der Waals surface area contributed by atoms with Gasteiger partial charge in [-0.25, -0.2) is 9.97 Å². The number of piperidine rings is 1. The van der Waals surface area contributed by atoms with Crippen LogP contribution in [0, 0.1) is 24.2 Å². The van der Waals surface area contributed by atoms with E-state index < -0.39 is 29.4 Å². The summed E-state index contributed by atoms with van der Waals surface area (Å²) < 4.78 is 0.997. The number of fused-ring (bicyclic) bond motifs is 2. The Morgan fingerprint density at radius 1 is 0.949 bits per heavy atom. The standard InChI is InChI=1S/C45H51N7O6S/c1-25-6-4-9-32(47-25)39(54)48-33-19-36-34(18-30(33)44(2,3)58)49-41(59-36)28-12-10-26(11-13-28)22-51-23-45(24-51)20-27(21-45)16-17-46-31-8-5-7-29-38(31)43(57)52(42(29)56)35-14-15-37(53)50-40(35)55/h4-9,18-19,26-28,35,46,58H,10-17,20-24H2,1-3H3,(H,48,54)(H,50,53,55)/t26-,28-,35?. The van der Waals surface area contributed by atoms with Crippen molar-refractivity contribution in [3.8, 4) is 0 Å². The first-order valence-corrected chi connectivity index (χ1v) is 21.8. The van der Waals surface area contributed by atoms with E-state index in [0.29, 0.717) is 63.5 Å². The third kappa shape index (κ3) is 7.66. The average Bonchev–Trinajstić information content (AvgIpc) is 3.70. The lowest BCUT2D eigenvalue weighted by Crippen LogP contribution is -2.63. The van der Waals surface area contributed by atoms with Crippen LogP contribution in [0.2, 0.25) is 0 Å². The number of nitrogens with one attached hydrogen (secondary N) is 3. The Hall–Kier alpha value is -5.05. The van der Waals surface area contributed by atoms with E-state index in [4.69, 9.17) is 4.98 Å². The van der Waals surface area contributed by atoms with Gasteiger partial charge in [0.05, 0.1) is 32.0 Å². The number of aryl methyl sites for hydroxylation is 1. The zero-order chi connectivity index (χ0) is 41.2. The molecule has 2 saturated heterocycles. The molecule has 14 heteroatoms. The van der Waals surface area contributed by atoms with Gasteiger partial charge < -0.3 is 20.6 Å². The SMILES string of the molecule is Cc1cccc(C(=O)Nc2cc3sc([C@H]4CC[C@H](CN5CC6(CC(CCNc7cccc8c7C(=O)N(C7CCC(=O)NC7=O)C8=O)C6)C5)CC4)nc3cc2C(C)(C)O)n1. The number of hydrogen-bond donors (Lipinski definition) is 4. The average molecular weight is 818 g/mol. The van der Waals surface area contributed by atoms with Crippen molar-refractivity contribution in [1.29, 1.82) is 0 Å². The van der Waals surface area contributed by atoms with E-state index in [1.807, 2.05) is 37.3 Å². The van der Waals surface area contributed by atoms with Crippen molar-refractivity contribution >= 4 is 62.5 Å². The fourth-order valence-electron chi connectivity index (χ4n) is 10.3. The van der Waals surface area contributed by atoms with Gasteiger partial charge in [0.1, 0.15) is 11.7 Å². The van der Waals surface area contributed by atoms with E-state index in [1.54, 1.807) is 43.4 Å². The Labute approximate surface area is 347 Å². The van der Waals surface area contributed by atoms with E-state index in [-0.39, 0.29) is 24.7 Å². The molecule has 2 saturated carbocycles. The van der Waals surface area contributed by atoms with Gasteiger partial charge >= 0.3 is 0 Å². The number of hydrogen-bond acceptors (Lipinski definition) is 11. The number of thiazole rings is 1. The molecule has 59 heavy (non-hydrogen) atoms. The maximum atomic E-state index is 13.4. The second kappa shape index (κ2) is 15.2. The van der Waals surface area contributed by atoms with Gasteiger partial charge in [-0.3, -0.25) is 34.2 Å². The third-order valence-corrected chi connectivity index (χ3v) is 14.4. The first-order chi connectivity index (χ1) is 28.2. The summed E-state index contributed by atoms with van der Waals surface area (Å²) in [6.07, 6.45) is 8.23. The van der Waals surface area contributed by atoms with Crippen LogP contribution in [0.5, 0.6) is 0 Å². The largest absolute Gasteiger partial charge is 0.386 e. The van der Waals surface area contributed by atoms with Crippen molar-refractivity contribution in [1.82, 2.24) is 25.1 Å². The maximum Gasteiger partial charge on any atom is 0.274 e. The minimum Gasteiger partial charge on any atom is -0.386 e. The topological polar surface area (TPSA) is 174 Å². The number of rotatable bonds is 11. The highest BCUT2D eigenvalue weighted by Crippen LogP contribution is 2.53. The predicted molar refractivity (Wildman–Crippen MR) is 224 cm³/mol. The van der Waals surface area contributed by atoms with Crippen LogP contribution in [0.15, 0.2) is 48.5 Å². The Balaban J connectivity index is 0.730. The maximum absolute atomic E-state index is 13.4. The highest BCUT2D eigenvalue weighted by Gasteiger charge is 2.52. The van der Waals surface area contributed by atoms with Crippen molar-refractivity contribution in [2.45, 2.75) is 96.1 Å². The number of benzene rings is 2. The first-order valence-electron chi connectivity index (χ1n) is 21.0. The molecule has 1 spiro atoms. The molecule has 4 aromatic rings. The van der Waals surface area contributed by atoms with Crippen LogP contribution < -0.4 is 16.0 Å². The molecule has 308 valence electrons. The summed E-state index contributed by atoms with van der Waals surface area (Å²) in [7, 11) is 0. The molecule has 9 rings (SSSR count). The van der Waals surface area contributed by atoms with E-state index in [0.717, 1.165) is 64.7 Å². The lowest BCUT2D eigenvalue weighted by Gasteiger charge is -2.60. The van der Waals surface area contributed by atoms with Crippen LogP contribution in [-0.2, 0) is 15.2 Å². The second-order valence-corrected chi connectivity index (χ2v) is 19.2. The summed E-state index contributed by atoms with van der Waals surface area (Å²) in [5.74, 6) is -0.556. The molecule has 0 bridgehead atoms. The number of carbonyl (C=O) groups is 5. The number of likely N-dealkylation sites (tertiary alicyclic amines) is 1. The summed E-state index contributed by atoms with van der Waals surface area (Å²) in [6.45, 7) is 9.47. The molecule has 13 nitrogen and oxygen atoms in total. The van der Waals surface area contributed by atoms with Crippen LogP contribution in [0.25, 0.3) is 10.2 Å². The van der Waals surface area contributed by atoms with E-state index in [2.05, 4.69) is 25.8 Å². The number of pyridine rings is 1. The molecule has 2 aromatic heterocycles. The van der Waals surface area contributed by atoms with E-state index >= 15 is 0 Å². The quantitative estimate of drug-likeness (QED) is 0.125. The van der Waals surface area contributed by atoms with Gasteiger partial charge in [0.25, 0.3) is 17.7 Å². The number of nitrogens with zero attached hydrogens (tertiary/aromatic N) is 4. The van der Waals surface area contributed by atoms with Gasteiger partial charge in [0, 0.05) is 61.1 Å². The lowest BCUT2D eigenvalue weighted by atomic mass is 9.57. The molecular weight excluding hydrogens is 767 g/mol. The Morgan fingerprint density at radius 3 is 2.44 bits per heavy atom. The van der Waals surface area contributed by atoms with E-state index in [1.165, 1.54) is 25.7 Å². The zero-order valence-corrected chi connectivity index (χ0v) is 34.6. The Bertz CT molecular complexity index is 2370. The van der Waals surface area contributed by atoms with Crippen LogP contribution in [0.3, 0.4) is 0 Å². The van der Waals surface area contributed by atoms with Crippen LogP contribution in [-0.4, -0.2) is 86.6 Å². The molecular formula is C45H51N7O6S. The number of anilines is 2. The van der Waals surface area contributed by atoms with Gasteiger partial charge in [-0.05, 0) is 126 Å². The number of imide groups is 2. The highest BCUT2D eigenvalue weighted by atomic mass is 32.1. The molecule has 1 atom stereocenters. The summed E-state index contributed by atoms with van der Waals surface area (Å²) in [5, 5.41) is 20.8. The number of aromatic nitrogens is 2. The Kier molecular flexibility index (Phi) is 10.2. The molecule has 4 N–H and O–H groups in total. The molecule has 1 unspecified atom stereocenters. The smallest absolute Gasteiger partial charge is 0.274 e. The normalized spacial score (nSPS) is 23.3. The molecule has 2 aromatic carbocycles. The van der Waals surface area contributed by atoms with Crippen LogP contribution in [0.4, 0.5) is 11.4 Å². The van der Waals surface area contributed by atoms with Crippen molar-refractivity contribution < 1.29 is 29.1 Å². The van der Waals surface area contributed by atoms with Crippen LogP contribution in [0.1, 0.15) is 125 Å². The summed E-state index contributed by atoms with van der Waals surface area (Å²) in [4.78, 5) is 76.9. The lowest BCUT2D eigenvalue weighted by molar-refractivity contribution is -0.136. The van der Waals surface area contributed by atoms with Gasteiger partial charge in [0.2, 0.25) is 11.8 Å². The monoisotopic (exact) mass is 817 g/mol. The van der Waals surface area contributed by atoms with Crippen LogP contribution >= 0.6 is 11.3 Å². The summed E-state index contributed by atoms with van der Waals surface area (Å²) in [5.41, 5.74) is 3.63. The number of carbonyl (C=O) groups excluding carboxylic acids is 5. The van der Waals surface area contributed by atoms with E-state index in [9.17, 15) is 29.1 Å². The zero-order valence-electron chi connectivity index (χ0n) is 33.8. The van der Waals surface area contributed by atoms with Crippen molar-refractivity contribution in [3.05, 3.63) is 81.6 Å². The fourth-order valence-corrected chi connectivity index (χ4v) is 11.5. The molecule has 4 fully saturated rings. The van der Waals surface area contributed by atoms with Crippen molar-refractivity contribution in [3.63, 3.8) is 0 Å². The Morgan fingerprint density at radius 2 is 1.71 bits per heavy atom. The summed E-state index contributed by atoms with van der Waals surface area (Å²) in [6, 6.07) is 13.4. The molecule has 5 aliphatic rings. The third-order valence-electron chi connectivity index (χ3n) is 13.2. The molecule has 5 amide bonds. The molecule has 5 heterocycles. The molecule has 3 aliphatic heterocycles. The first kappa shape index (κ1) is 39.4. The predicted octanol–water partition coefficient (Wildman–Crippen LogP) is 6.37. The minimum absolute atomic E-state index is 0.0943. The summed E-state index contributed by atoms with van der Waals surface area (Å²) >= 11 is 1.69. The van der Waals surface area contributed by atoms with Gasteiger partial charge in [-0.15, -0.1) is 11.3 Å². The minimum atomic E-state index is -1.17. The van der Waals surface area contributed by atoms with Gasteiger partial charge in [0.15, 0.2) is 0 Å². The van der Waals surface area contributed by atoms with Gasteiger partial charge in [-0.2, -0.15) is 0 Å². The molecule has 2 aliphatic carbocycles. The van der Waals surface area contributed by atoms with Crippen molar-refractivity contribution in [2.24, 2.45) is 17.3 Å².